The number of ether oxygens (including phenoxy) is 3. The van der Waals surface area contributed by atoms with Crippen molar-refractivity contribution < 1.29 is 38.0 Å². The minimum Gasteiger partial charge on any atom is -0.490 e. The number of carbonyl (C=O) groups excluding carboxylic acids is 1. The van der Waals surface area contributed by atoms with Crippen LogP contribution in [0.2, 0.25) is 0 Å². The topological polar surface area (TPSA) is 91.7 Å². The van der Waals surface area contributed by atoms with Crippen molar-refractivity contribution in [1.82, 2.24) is 9.80 Å². The van der Waals surface area contributed by atoms with Crippen molar-refractivity contribution >= 4 is 6.09 Å². The van der Waals surface area contributed by atoms with E-state index in [4.69, 9.17) is 14.2 Å². The summed E-state index contributed by atoms with van der Waals surface area (Å²) in [4.78, 5) is 15.3. The van der Waals surface area contributed by atoms with Crippen LogP contribution in [0.1, 0.15) is 19.8 Å². The van der Waals surface area contributed by atoms with Gasteiger partial charge in [0.2, 0.25) is 0 Å². The van der Waals surface area contributed by atoms with E-state index in [0.29, 0.717) is 52.2 Å². The van der Waals surface area contributed by atoms with Crippen molar-refractivity contribution in [2.75, 3.05) is 59.2 Å². The maximum absolute atomic E-state index is 13.4. The Labute approximate surface area is 180 Å². The highest BCUT2D eigenvalue weighted by Crippen LogP contribution is 2.26. The second kappa shape index (κ2) is 10.1. The summed E-state index contributed by atoms with van der Waals surface area (Å²) in [7, 11) is 0. The van der Waals surface area contributed by atoms with Gasteiger partial charge in [0, 0.05) is 38.8 Å². The number of benzene rings is 1. The molecule has 3 rings (SSSR count). The highest BCUT2D eigenvalue weighted by atomic mass is 19.2. The SMILES string of the molecule is CCOC(=O)N1CCC(O)(CN2CCOCC(O)(COc3ccc(F)c(F)c3)C2)CC1. The van der Waals surface area contributed by atoms with E-state index in [0.717, 1.165) is 12.1 Å². The van der Waals surface area contributed by atoms with Gasteiger partial charge in [0.15, 0.2) is 11.6 Å². The van der Waals surface area contributed by atoms with E-state index in [1.54, 1.807) is 11.8 Å². The molecule has 2 aliphatic heterocycles. The smallest absolute Gasteiger partial charge is 0.409 e. The van der Waals surface area contributed by atoms with Crippen LogP contribution in [0.3, 0.4) is 0 Å². The van der Waals surface area contributed by atoms with Crippen LogP contribution < -0.4 is 4.74 Å². The molecule has 2 fully saturated rings. The summed E-state index contributed by atoms with van der Waals surface area (Å²) < 4.78 is 42.5. The quantitative estimate of drug-likeness (QED) is 0.685. The molecule has 174 valence electrons. The molecule has 0 aromatic heterocycles. The average molecular weight is 444 g/mol. The van der Waals surface area contributed by atoms with Gasteiger partial charge in [-0.3, -0.25) is 4.90 Å². The van der Waals surface area contributed by atoms with E-state index in [1.807, 2.05) is 4.90 Å². The molecular weight excluding hydrogens is 414 g/mol. The van der Waals surface area contributed by atoms with Crippen molar-refractivity contribution in [2.24, 2.45) is 0 Å². The first-order valence-electron chi connectivity index (χ1n) is 10.5. The Morgan fingerprint density at radius 1 is 1.16 bits per heavy atom. The lowest BCUT2D eigenvalue weighted by Crippen LogP contribution is -2.55. The molecule has 8 nitrogen and oxygen atoms in total. The van der Waals surface area contributed by atoms with Crippen LogP contribution in [-0.4, -0.2) is 96.5 Å². The molecule has 1 aromatic carbocycles. The van der Waals surface area contributed by atoms with E-state index in [9.17, 15) is 23.8 Å². The maximum atomic E-state index is 13.4. The summed E-state index contributed by atoms with van der Waals surface area (Å²) in [5.41, 5.74) is -2.39. The number of β-amino-alcohol motifs (C(OH)–C–C–N with tert-alkyl or cyclic N) is 2. The first kappa shape index (κ1) is 23.6. The van der Waals surface area contributed by atoms with Gasteiger partial charge < -0.3 is 29.3 Å². The average Bonchev–Trinajstić information content (AvgIpc) is 2.90. The number of likely N-dealkylation sites (tertiary alicyclic amines) is 1. The van der Waals surface area contributed by atoms with E-state index < -0.39 is 22.8 Å². The number of carbonyl (C=O) groups is 1. The molecule has 31 heavy (non-hydrogen) atoms. The van der Waals surface area contributed by atoms with Crippen molar-refractivity contribution in [3.8, 4) is 5.75 Å². The standard InChI is InChI=1S/C21H30F2N2O6/c1-2-30-19(26)25-7-5-20(27,6-8-25)12-24-9-10-29-14-21(28,13-24)15-31-16-3-4-17(22)18(23)11-16/h3-4,11,27-28H,2,5-10,12-15H2,1H3. The second-order valence-electron chi connectivity index (χ2n) is 8.26. The fraction of sp³-hybridized carbons (Fsp3) is 0.667. The van der Waals surface area contributed by atoms with E-state index in [-0.39, 0.29) is 31.6 Å². The molecule has 0 bridgehead atoms. The fourth-order valence-electron chi connectivity index (χ4n) is 3.90. The summed E-state index contributed by atoms with van der Waals surface area (Å²) in [6.07, 6.45) is 0.413. The van der Waals surface area contributed by atoms with Crippen LogP contribution >= 0.6 is 0 Å². The van der Waals surface area contributed by atoms with Crippen molar-refractivity contribution in [1.29, 1.82) is 0 Å². The largest absolute Gasteiger partial charge is 0.490 e. The zero-order valence-electron chi connectivity index (χ0n) is 17.7. The number of hydrogen-bond acceptors (Lipinski definition) is 7. The molecule has 0 spiro atoms. The number of aliphatic hydroxyl groups is 2. The van der Waals surface area contributed by atoms with Gasteiger partial charge in [0.05, 0.1) is 25.4 Å². The van der Waals surface area contributed by atoms with Crippen LogP contribution in [0.5, 0.6) is 5.75 Å². The van der Waals surface area contributed by atoms with Gasteiger partial charge in [-0.2, -0.15) is 0 Å². The summed E-state index contributed by atoms with van der Waals surface area (Å²) in [5, 5.41) is 22.0. The second-order valence-corrected chi connectivity index (χ2v) is 8.26. The Hall–Kier alpha value is -2.01. The molecule has 2 heterocycles. The summed E-state index contributed by atoms with van der Waals surface area (Å²) in [5.74, 6) is -1.90. The number of halogens is 2. The molecule has 2 aliphatic rings. The number of amides is 1. The van der Waals surface area contributed by atoms with Crippen molar-refractivity contribution in [2.45, 2.75) is 31.0 Å². The highest BCUT2D eigenvalue weighted by molar-refractivity contribution is 5.67. The molecule has 1 amide bonds. The van der Waals surface area contributed by atoms with E-state index in [2.05, 4.69) is 0 Å². The maximum Gasteiger partial charge on any atom is 0.409 e. The summed E-state index contributed by atoms with van der Waals surface area (Å²) in [6, 6.07) is 3.17. The van der Waals surface area contributed by atoms with Gasteiger partial charge in [-0.1, -0.05) is 0 Å². The molecule has 0 radical (unpaired) electrons. The van der Waals surface area contributed by atoms with Gasteiger partial charge in [0.25, 0.3) is 0 Å². The Morgan fingerprint density at radius 2 is 1.90 bits per heavy atom. The minimum absolute atomic E-state index is 0.0161. The monoisotopic (exact) mass is 444 g/mol. The van der Waals surface area contributed by atoms with Crippen LogP contribution in [-0.2, 0) is 9.47 Å². The Morgan fingerprint density at radius 3 is 2.58 bits per heavy atom. The molecule has 0 aliphatic carbocycles. The van der Waals surface area contributed by atoms with Crippen LogP contribution in [0.4, 0.5) is 13.6 Å². The Kier molecular flexibility index (Phi) is 7.68. The molecule has 2 saturated heterocycles. The van der Waals surface area contributed by atoms with Crippen LogP contribution in [0.15, 0.2) is 18.2 Å². The number of rotatable bonds is 6. The summed E-state index contributed by atoms with van der Waals surface area (Å²) in [6.45, 7) is 4.05. The lowest BCUT2D eigenvalue weighted by Gasteiger charge is -2.41. The fourth-order valence-corrected chi connectivity index (χ4v) is 3.90. The zero-order valence-corrected chi connectivity index (χ0v) is 17.7. The normalized spacial score (nSPS) is 24.5. The van der Waals surface area contributed by atoms with Crippen LogP contribution in [0, 0.1) is 11.6 Å². The van der Waals surface area contributed by atoms with E-state index >= 15 is 0 Å². The van der Waals surface area contributed by atoms with Crippen LogP contribution in [0.25, 0.3) is 0 Å². The molecule has 2 N–H and O–H groups in total. The first-order chi connectivity index (χ1) is 14.7. The molecule has 10 heteroatoms. The molecular formula is C21H30F2N2O6. The minimum atomic E-state index is -1.39. The third kappa shape index (κ3) is 6.49. The van der Waals surface area contributed by atoms with Crippen molar-refractivity contribution in [3.63, 3.8) is 0 Å². The highest BCUT2D eigenvalue weighted by Gasteiger charge is 2.40. The molecule has 1 aromatic rings. The number of nitrogens with zero attached hydrogens (tertiary/aromatic N) is 2. The number of hydrogen-bond donors (Lipinski definition) is 2. The number of piperidine rings is 1. The lowest BCUT2D eigenvalue weighted by atomic mass is 9.90. The summed E-state index contributed by atoms with van der Waals surface area (Å²) >= 11 is 0. The van der Waals surface area contributed by atoms with Gasteiger partial charge in [-0.15, -0.1) is 0 Å². The Bertz CT molecular complexity index is 759. The van der Waals surface area contributed by atoms with Gasteiger partial charge in [0.1, 0.15) is 18.0 Å². The molecule has 1 atom stereocenters. The van der Waals surface area contributed by atoms with E-state index in [1.165, 1.54) is 6.07 Å². The van der Waals surface area contributed by atoms with Gasteiger partial charge in [-0.05, 0) is 31.9 Å². The Balaban J connectivity index is 1.55. The molecule has 1 unspecified atom stereocenters. The van der Waals surface area contributed by atoms with Gasteiger partial charge in [-0.25, -0.2) is 13.6 Å². The zero-order chi connectivity index (χ0) is 22.5. The van der Waals surface area contributed by atoms with Crippen molar-refractivity contribution in [3.05, 3.63) is 29.8 Å². The predicted octanol–water partition coefficient (Wildman–Crippen LogP) is 1.39. The third-order valence-corrected chi connectivity index (χ3v) is 5.58. The first-order valence-corrected chi connectivity index (χ1v) is 10.5. The predicted molar refractivity (Wildman–Crippen MR) is 107 cm³/mol. The van der Waals surface area contributed by atoms with Gasteiger partial charge >= 0.3 is 6.09 Å². The third-order valence-electron chi connectivity index (χ3n) is 5.58. The molecule has 0 saturated carbocycles. The lowest BCUT2D eigenvalue weighted by molar-refractivity contribution is -0.0790.